The molecule has 0 bridgehead atoms. The molecule has 402 valence electrons. The van der Waals surface area contributed by atoms with E-state index >= 15 is 0 Å². The lowest BCUT2D eigenvalue weighted by Gasteiger charge is -2.18. The first-order chi connectivity index (χ1) is 35.0. The Kier molecular flexibility index (Phi) is 54.9. The van der Waals surface area contributed by atoms with E-state index in [0.717, 1.165) is 154 Å². The average Bonchev–Trinajstić information content (AvgIpc) is 3.37. The lowest BCUT2D eigenvalue weighted by molar-refractivity contribution is -0.167. The van der Waals surface area contributed by atoms with Crippen LogP contribution in [0.2, 0.25) is 0 Å². The summed E-state index contributed by atoms with van der Waals surface area (Å²) in [6.07, 6.45) is 80.5. The van der Waals surface area contributed by atoms with Crippen LogP contribution in [0.25, 0.3) is 0 Å². The molecule has 0 saturated carbocycles. The number of rotatable bonds is 51. The molecule has 0 aromatic rings. The van der Waals surface area contributed by atoms with Crippen molar-refractivity contribution < 1.29 is 28.6 Å². The first kappa shape index (κ1) is 66.8. The van der Waals surface area contributed by atoms with Gasteiger partial charge in [-0.3, -0.25) is 14.4 Å². The molecule has 6 heteroatoms. The minimum Gasteiger partial charge on any atom is -0.462 e. The van der Waals surface area contributed by atoms with Crippen LogP contribution < -0.4 is 0 Å². The van der Waals surface area contributed by atoms with Gasteiger partial charge in [0.05, 0.1) is 0 Å². The van der Waals surface area contributed by atoms with Crippen molar-refractivity contribution in [2.24, 2.45) is 0 Å². The molecule has 71 heavy (non-hydrogen) atoms. The zero-order valence-corrected chi connectivity index (χ0v) is 45.9. The number of hydrogen-bond donors (Lipinski definition) is 0. The standard InChI is InChI=1S/C65H106O6/c1-4-7-10-13-16-19-22-24-25-26-27-28-29-30-31-32-33-34-35-36-37-38-39-41-43-46-49-52-55-58-64(67)70-61-62(60-69-63(66)57-54-51-48-45-42-21-18-15-12-9-6-3)71-65(68)59-56-53-50-47-44-40-23-20-17-14-11-8-5-2/h7,10-11,14-16,18-20,23-25,27-28,30-31,33-34,36-37,62H,4-6,8-9,12-13,17,21-22,26,29,32,35,38-61H2,1-3H3/b10-7-,14-11-,18-15-,19-16-,23-20-,25-24-,28-27-,31-30-,34-33-,37-36-. The van der Waals surface area contributed by atoms with E-state index in [-0.39, 0.29) is 31.1 Å². The van der Waals surface area contributed by atoms with Crippen LogP contribution in [0.3, 0.4) is 0 Å². The minimum absolute atomic E-state index is 0.0938. The molecule has 1 unspecified atom stereocenters. The molecular formula is C65H106O6. The van der Waals surface area contributed by atoms with Crippen LogP contribution in [0.4, 0.5) is 0 Å². The summed E-state index contributed by atoms with van der Waals surface area (Å²) in [5.74, 6) is -0.932. The summed E-state index contributed by atoms with van der Waals surface area (Å²) in [5, 5.41) is 0. The van der Waals surface area contributed by atoms with Gasteiger partial charge >= 0.3 is 17.9 Å². The summed E-state index contributed by atoms with van der Waals surface area (Å²) in [5.41, 5.74) is 0. The second kappa shape index (κ2) is 58.4. The lowest BCUT2D eigenvalue weighted by Crippen LogP contribution is -2.30. The summed E-state index contributed by atoms with van der Waals surface area (Å²) in [4.78, 5) is 38.1. The highest BCUT2D eigenvalue weighted by molar-refractivity contribution is 5.71. The van der Waals surface area contributed by atoms with E-state index < -0.39 is 6.10 Å². The Morgan fingerprint density at radius 2 is 0.577 bits per heavy atom. The summed E-state index contributed by atoms with van der Waals surface area (Å²) in [6.45, 7) is 6.38. The molecule has 0 fully saturated rings. The maximum absolute atomic E-state index is 12.8. The quantitative estimate of drug-likeness (QED) is 0.0261. The van der Waals surface area contributed by atoms with Gasteiger partial charge in [0.15, 0.2) is 6.10 Å². The third-order valence-corrected chi connectivity index (χ3v) is 11.9. The predicted octanol–water partition coefficient (Wildman–Crippen LogP) is 19.6. The van der Waals surface area contributed by atoms with Crippen molar-refractivity contribution in [3.8, 4) is 0 Å². The largest absolute Gasteiger partial charge is 0.462 e. The van der Waals surface area contributed by atoms with Gasteiger partial charge in [0.25, 0.3) is 0 Å². The summed E-state index contributed by atoms with van der Waals surface area (Å²) >= 11 is 0. The van der Waals surface area contributed by atoms with Crippen LogP contribution in [0.15, 0.2) is 122 Å². The molecule has 0 aromatic heterocycles. The highest BCUT2D eigenvalue weighted by atomic mass is 16.6. The zero-order chi connectivity index (χ0) is 51.4. The Labute approximate surface area is 437 Å². The molecule has 0 heterocycles. The van der Waals surface area contributed by atoms with Gasteiger partial charge < -0.3 is 14.2 Å². The predicted molar refractivity (Wildman–Crippen MR) is 306 cm³/mol. The van der Waals surface area contributed by atoms with E-state index in [1.165, 1.54) is 57.8 Å². The molecule has 1 atom stereocenters. The molecule has 0 N–H and O–H groups in total. The van der Waals surface area contributed by atoms with Crippen LogP contribution in [0.1, 0.15) is 252 Å². The molecule has 0 aliphatic carbocycles. The summed E-state index contributed by atoms with van der Waals surface area (Å²) in [6, 6.07) is 0. The number of hydrogen-bond acceptors (Lipinski definition) is 6. The molecule has 0 rings (SSSR count). The minimum atomic E-state index is -0.795. The number of carbonyl (C=O) groups is 3. The third-order valence-electron chi connectivity index (χ3n) is 11.9. The van der Waals surface area contributed by atoms with Gasteiger partial charge in [0, 0.05) is 19.3 Å². The van der Waals surface area contributed by atoms with E-state index in [1.54, 1.807) is 0 Å². The first-order valence-electron chi connectivity index (χ1n) is 29.0. The second-order valence-corrected chi connectivity index (χ2v) is 18.8. The molecule has 0 saturated heterocycles. The van der Waals surface area contributed by atoms with Gasteiger partial charge in [0.2, 0.25) is 0 Å². The fourth-order valence-corrected chi connectivity index (χ4v) is 7.56. The van der Waals surface area contributed by atoms with Crippen molar-refractivity contribution >= 4 is 17.9 Å². The number of unbranched alkanes of at least 4 members (excludes halogenated alkanes) is 20. The molecule has 0 aliphatic rings. The lowest BCUT2D eigenvalue weighted by atomic mass is 10.1. The second-order valence-electron chi connectivity index (χ2n) is 18.8. The fourth-order valence-electron chi connectivity index (χ4n) is 7.56. The van der Waals surface area contributed by atoms with E-state index in [1.807, 2.05) is 0 Å². The van der Waals surface area contributed by atoms with Crippen LogP contribution in [0.5, 0.6) is 0 Å². The van der Waals surface area contributed by atoms with Crippen LogP contribution in [-0.4, -0.2) is 37.2 Å². The van der Waals surface area contributed by atoms with Crippen molar-refractivity contribution in [3.63, 3.8) is 0 Å². The highest BCUT2D eigenvalue weighted by Crippen LogP contribution is 2.14. The Morgan fingerprint density at radius 3 is 0.930 bits per heavy atom. The van der Waals surface area contributed by atoms with E-state index in [2.05, 4.69) is 142 Å². The third kappa shape index (κ3) is 56.6. The number of esters is 3. The average molecular weight is 984 g/mol. The normalized spacial score (nSPS) is 13.0. The molecule has 0 aliphatic heterocycles. The fraction of sp³-hybridized carbons (Fsp3) is 0.646. The highest BCUT2D eigenvalue weighted by Gasteiger charge is 2.19. The molecule has 0 amide bonds. The maximum atomic E-state index is 12.8. The molecule has 0 radical (unpaired) electrons. The number of allylic oxidation sites excluding steroid dienone is 20. The molecule has 0 spiro atoms. The van der Waals surface area contributed by atoms with Crippen molar-refractivity contribution in [1.29, 1.82) is 0 Å². The SMILES string of the molecule is CC/C=C\C/C=C\C/C=C\C/C=C\C/C=C\C/C=C\C/C=C\CCCCCCCCCC(=O)OCC(COC(=O)CCCCCCC/C=C\CCCC)OC(=O)CCCCCCC/C=C\C/C=C\CCC. The first-order valence-corrected chi connectivity index (χ1v) is 29.0. The van der Waals surface area contributed by atoms with E-state index in [0.29, 0.717) is 19.3 Å². The van der Waals surface area contributed by atoms with E-state index in [9.17, 15) is 14.4 Å². The molecular weight excluding hydrogens is 877 g/mol. The summed E-state index contributed by atoms with van der Waals surface area (Å²) in [7, 11) is 0. The van der Waals surface area contributed by atoms with Crippen LogP contribution >= 0.6 is 0 Å². The van der Waals surface area contributed by atoms with Crippen molar-refractivity contribution in [2.45, 2.75) is 258 Å². The Bertz CT molecular complexity index is 1500. The Hall–Kier alpha value is -4.19. The maximum Gasteiger partial charge on any atom is 0.306 e. The van der Waals surface area contributed by atoms with Gasteiger partial charge in [-0.15, -0.1) is 0 Å². The topological polar surface area (TPSA) is 78.9 Å². The van der Waals surface area contributed by atoms with E-state index in [4.69, 9.17) is 14.2 Å². The molecule has 6 nitrogen and oxygen atoms in total. The van der Waals surface area contributed by atoms with Gasteiger partial charge in [-0.1, -0.05) is 232 Å². The van der Waals surface area contributed by atoms with Crippen LogP contribution in [-0.2, 0) is 28.6 Å². The zero-order valence-electron chi connectivity index (χ0n) is 45.9. The van der Waals surface area contributed by atoms with Crippen molar-refractivity contribution in [2.75, 3.05) is 13.2 Å². The number of ether oxygens (including phenoxy) is 3. The summed E-state index contributed by atoms with van der Waals surface area (Å²) < 4.78 is 16.8. The van der Waals surface area contributed by atoms with Gasteiger partial charge in [-0.25, -0.2) is 0 Å². The van der Waals surface area contributed by atoms with Crippen LogP contribution in [0, 0.1) is 0 Å². The monoisotopic (exact) mass is 983 g/mol. The van der Waals surface area contributed by atoms with Crippen molar-refractivity contribution in [3.05, 3.63) is 122 Å². The smallest absolute Gasteiger partial charge is 0.306 e. The van der Waals surface area contributed by atoms with Gasteiger partial charge in [-0.05, 0) is 122 Å². The van der Waals surface area contributed by atoms with Gasteiger partial charge in [0.1, 0.15) is 13.2 Å². The Morgan fingerprint density at radius 1 is 0.296 bits per heavy atom. The Balaban J connectivity index is 4.29. The molecule has 0 aromatic carbocycles. The number of carbonyl (C=O) groups excluding carboxylic acids is 3. The van der Waals surface area contributed by atoms with Crippen molar-refractivity contribution in [1.82, 2.24) is 0 Å². The van der Waals surface area contributed by atoms with Gasteiger partial charge in [-0.2, -0.15) is 0 Å².